The molecular formula is C25H31N3O2. The lowest BCUT2D eigenvalue weighted by Gasteiger charge is -2.18. The van der Waals surface area contributed by atoms with Gasteiger partial charge < -0.3 is 9.64 Å². The van der Waals surface area contributed by atoms with E-state index in [-0.39, 0.29) is 5.91 Å². The van der Waals surface area contributed by atoms with E-state index in [0.717, 1.165) is 46.9 Å². The summed E-state index contributed by atoms with van der Waals surface area (Å²) in [6.07, 6.45) is 1.03. The third-order valence-electron chi connectivity index (χ3n) is 5.39. The highest BCUT2D eigenvalue weighted by atomic mass is 16.5. The Morgan fingerprint density at radius 3 is 2.43 bits per heavy atom. The highest BCUT2D eigenvalue weighted by Crippen LogP contribution is 2.32. The standard InChI is InChI=1S/C25H31N3O2/c1-6-27(7-2)24(29)16-15-22-20(5)26-28(23-14-9-8-12-19(23)4)25(22)30-21-13-10-11-18(3)17-21/h8-14,17H,6-7,15-16H2,1-5H3. The number of hydrogen-bond donors (Lipinski definition) is 0. The van der Waals surface area contributed by atoms with Crippen LogP contribution in [-0.2, 0) is 11.2 Å². The van der Waals surface area contributed by atoms with Crippen LogP contribution in [-0.4, -0.2) is 33.7 Å². The Kier molecular flexibility index (Phi) is 6.93. The molecule has 0 radical (unpaired) electrons. The van der Waals surface area contributed by atoms with Gasteiger partial charge in [-0.2, -0.15) is 9.78 Å². The molecule has 0 fully saturated rings. The summed E-state index contributed by atoms with van der Waals surface area (Å²) in [5.41, 5.74) is 5.07. The van der Waals surface area contributed by atoms with Gasteiger partial charge >= 0.3 is 0 Å². The topological polar surface area (TPSA) is 47.4 Å². The van der Waals surface area contributed by atoms with Crippen molar-refractivity contribution in [2.24, 2.45) is 0 Å². The van der Waals surface area contributed by atoms with E-state index in [0.29, 0.717) is 18.7 Å². The normalized spacial score (nSPS) is 10.8. The molecule has 5 heteroatoms. The molecule has 0 bridgehead atoms. The minimum atomic E-state index is 0.157. The fourth-order valence-corrected chi connectivity index (χ4v) is 3.65. The van der Waals surface area contributed by atoms with E-state index in [9.17, 15) is 4.79 Å². The van der Waals surface area contributed by atoms with E-state index in [1.54, 1.807) is 0 Å². The van der Waals surface area contributed by atoms with Crippen LogP contribution in [0, 0.1) is 20.8 Å². The first kappa shape index (κ1) is 21.6. The van der Waals surface area contributed by atoms with Crippen LogP contribution in [0.4, 0.5) is 0 Å². The predicted molar refractivity (Wildman–Crippen MR) is 121 cm³/mol. The van der Waals surface area contributed by atoms with Gasteiger partial charge in [-0.15, -0.1) is 0 Å². The Morgan fingerprint density at radius 1 is 1.03 bits per heavy atom. The second-order valence-corrected chi connectivity index (χ2v) is 7.55. The number of ether oxygens (including phenoxy) is 1. The van der Waals surface area contributed by atoms with Gasteiger partial charge in [0.15, 0.2) is 0 Å². The van der Waals surface area contributed by atoms with E-state index < -0.39 is 0 Å². The molecule has 30 heavy (non-hydrogen) atoms. The van der Waals surface area contributed by atoms with Gasteiger partial charge in [0.25, 0.3) is 0 Å². The maximum Gasteiger partial charge on any atom is 0.226 e. The van der Waals surface area contributed by atoms with Crippen LogP contribution in [0.15, 0.2) is 48.5 Å². The van der Waals surface area contributed by atoms with Crippen molar-refractivity contribution in [3.05, 3.63) is 70.9 Å². The zero-order valence-electron chi connectivity index (χ0n) is 18.6. The van der Waals surface area contributed by atoms with Gasteiger partial charge in [0.2, 0.25) is 11.8 Å². The van der Waals surface area contributed by atoms with Crippen LogP contribution >= 0.6 is 0 Å². The Balaban J connectivity index is 2.01. The van der Waals surface area contributed by atoms with Crippen molar-refractivity contribution in [2.75, 3.05) is 13.1 Å². The first-order valence-electron chi connectivity index (χ1n) is 10.6. The van der Waals surface area contributed by atoms with E-state index in [4.69, 9.17) is 9.84 Å². The predicted octanol–water partition coefficient (Wildman–Crippen LogP) is 5.39. The summed E-state index contributed by atoms with van der Waals surface area (Å²) < 4.78 is 8.24. The van der Waals surface area contributed by atoms with E-state index >= 15 is 0 Å². The molecule has 0 aliphatic heterocycles. The number of nitrogens with zero attached hydrogens (tertiary/aromatic N) is 3. The van der Waals surface area contributed by atoms with Crippen LogP contribution in [0.3, 0.4) is 0 Å². The minimum absolute atomic E-state index is 0.157. The summed E-state index contributed by atoms with van der Waals surface area (Å²) in [5, 5.41) is 4.79. The SMILES string of the molecule is CCN(CC)C(=O)CCc1c(C)nn(-c2ccccc2C)c1Oc1cccc(C)c1. The van der Waals surface area contributed by atoms with Crippen molar-refractivity contribution in [1.82, 2.24) is 14.7 Å². The molecule has 158 valence electrons. The number of carbonyl (C=O) groups is 1. The summed E-state index contributed by atoms with van der Waals surface area (Å²) in [7, 11) is 0. The molecule has 0 aliphatic carbocycles. The number of benzene rings is 2. The third-order valence-corrected chi connectivity index (χ3v) is 5.39. The summed E-state index contributed by atoms with van der Waals surface area (Å²) in [6.45, 7) is 11.6. The van der Waals surface area contributed by atoms with Crippen molar-refractivity contribution >= 4 is 5.91 Å². The molecule has 0 unspecified atom stereocenters. The lowest BCUT2D eigenvalue weighted by Crippen LogP contribution is -2.30. The molecule has 0 spiro atoms. The lowest BCUT2D eigenvalue weighted by molar-refractivity contribution is -0.130. The van der Waals surface area contributed by atoms with Crippen LogP contribution in [0.1, 0.15) is 42.7 Å². The van der Waals surface area contributed by atoms with Gasteiger partial charge in [-0.05, 0) is 70.4 Å². The number of aromatic nitrogens is 2. The maximum atomic E-state index is 12.6. The number of hydrogen-bond acceptors (Lipinski definition) is 3. The molecular weight excluding hydrogens is 374 g/mol. The molecule has 3 aromatic rings. The molecule has 2 aromatic carbocycles. The van der Waals surface area contributed by atoms with Gasteiger partial charge in [0.1, 0.15) is 5.75 Å². The third kappa shape index (κ3) is 4.73. The van der Waals surface area contributed by atoms with Crippen molar-refractivity contribution in [3.63, 3.8) is 0 Å². The number of aryl methyl sites for hydroxylation is 3. The Morgan fingerprint density at radius 2 is 1.77 bits per heavy atom. The summed E-state index contributed by atoms with van der Waals surface area (Å²) in [4.78, 5) is 14.5. The van der Waals surface area contributed by atoms with Crippen molar-refractivity contribution in [1.29, 1.82) is 0 Å². The van der Waals surface area contributed by atoms with Crippen LogP contribution in [0.5, 0.6) is 11.6 Å². The largest absolute Gasteiger partial charge is 0.439 e. The molecule has 0 saturated carbocycles. The lowest BCUT2D eigenvalue weighted by atomic mass is 10.1. The summed E-state index contributed by atoms with van der Waals surface area (Å²) >= 11 is 0. The summed E-state index contributed by atoms with van der Waals surface area (Å²) in [6, 6.07) is 16.1. The van der Waals surface area contributed by atoms with Gasteiger partial charge in [0.05, 0.1) is 11.4 Å². The second-order valence-electron chi connectivity index (χ2n) is 7.55. The zero-order chi connectivity index (χ0) is 21.7. The van der Waals surface area contributed by atoms with Crippen LogP contribution < -0.4 is 4.74 Å². The molecule has 3 rings (SSSR count). The first-order chi connectivity index (χ1) is 14.4. The molecule has 0 aliphatic rings. The second kappa shape index (κ2) is 9.61. The maximum absolute atomic E-state index is 12.6. The molecule has 0 atom stereocenters. The molecule has 1 heterocycles. The Labute approximate surface area is 179 Å². The van der Waals surface area contributed by atoms with Crippen molar-refractivity contribution in [2.45, 2.75) is 47.5 Å². The molecule has 0 N–H and O–H groups in total. The average Bonchev–Trinajstić information content (AvgIpc) is 3.02. The fourth-order valence-electron chi connectivity index (χ4n) is 3.65. The Bertz CT molecular complexity index is 1020. The highest BCUT2D eigenvalue weighted by Gasteiger charge is 2.21. The van der Waals surface area contributed by atoms with Crippen LogP contribution in [0.2, 0.25) is 0 Å². The molecule has 1 amide bonds. The minimum Gasteiger partial charge on any atom is -0.439 e. The van der Waals surface area contributed by atoms with Gasteiger partial charge in [0, 0.05) is 25.1 Å². The fraction of sp³-hybridized carbons (Fsp3) is 0.360. The Hall–Kier alpha value is -3.08. The molecule has 0 saturated heterocycles. The van der Waals surface area contributed by atoms with E-state index in [1.807, 2.05) is 79.7 Å². The first-order valence-corrected chi connectivity index (χ1v) is 10.6. The van der Waals surface area contributed by atoms with Crippen LogP contribution in [0.25, 0.3) is 5.69 Å². The number of para-hydroxylation sites is 1. The average molecular weight is 406 g/mol. The zero-order valence-corrected chi connectivity index (χ0v) is 18.6. The van der Waals surface area contributed by atoms with Gasteiger partial charge in [-0.1, -0.05) is 30.3 Å². The van der Waals surface area contributed by atoms with Crippen molar-refractivity contribution < 1.29 is 9.53 Å². The smallest absolute Gasteiger partial charge is 0.226 e. The summed E-state index contributed by atoms with van der Waals surface area (Å²) in [5.74, 6) is 1.60. The number of amides is 1. The number of carbonyl (C=O) groups excluding carboxylic acids is 1. The monoisotopic (exact) mass is 405 g/mol. The van der Waals surface area contributed by atoms with Crippen molar-refractivity contribution in [3.8, 4) is 17.3 Å². The van der Waals surface area contributed by atoms with E-state index in [2.05, 4.69) is 13.0 Å². The van der Waals surface area contributed by atoms with E-state index in [1.165, 1.54) is 0 Å². The molecule has 1 aromatic heterocycles. The number of rotatable bonds is 8. The van der Waals surface area contributed by atoms with Gasteiger partial charge in [-0.25, -0.2) is 0 Å². The quantitative estimate of drug-likeness (QED) is 0.505. The highest BCUT2D eigenvalue weighted by molar-refractivity contribution is 5.76. The molecule has 5 nitrogen and oxygen atoms in total. The van der Waals surface area contributed by atoms with Gasteiger partial charge in [-0.3, -0.25) is 4.79 Å².